The average molecular weight is 277 g/mol. The van der Waals surface area contributed by atoms with Gasteiger partial charge in [0.05, 0.1) is 12.3 Å². The van der Waals surface area contributed by atoms with Crippen LogP contribution in [-0.2, 0) is 10.3 Å². The van der Waals surface area contributed by atoms with Gasteiger partial charge in [0.2, 0.25) is 5.60 Å². The molecule has 1 saturated heterocycles. The molecule has 108 valence electrons. The van der Waals surface area contributed by atoms with Crippen molar-refractivity contribution >= 4 is 0 Å². The summed E-state index contributed by atoms with van der Waals surface area (Å²) < 4.78 is 47.1. The minimum atomic E-state index is -4.48. The van der Waals surface area contributed by atoms with Crippen molar-refractivity contribution in [2.75, 3.05) is 19.7 Å². The molecular formula is C12H18F3N3O. The number of morpholine rings is 1. The van der Waals surface area contributed by atoms with Gasteiger partial charge in [-0.3, -0.25) is 4.68 Å². The number of rotatable bonds is 2. The van der Waals surface area contributed by atoms with Crippen LogP contribution in [0.4, 0.5) is 13.2 Å². The first-order chi connectivity index (χ1) is 8.78. The zero-order valence-corrected chi connectivity index (χ0v) is 11.2. The highest BCUT2D eigenvalue weighted by Crippen LogP contribution is 2.44. The SMILES string of the molecule is Cc1nn(C(C)C)cc1C1(C(F)(F)F)CNCCO1. The number of aromatic nitrogens is 2. The van der Waals surface area contributed by atoms with Crippen LogP contribution in [0, 0.1) is 6.92 Å². The minimum absolute atomic E-state index is 0.00860. The fraction of sp³-hybridized carbons (Fsp3) is 0.750. The van der Waals surface area contributed by atoms with E-state index in [1.54, 1.807) is 6.92 Å². The number of hydrogen-bond acceptors (Lipinski definition) is 3. The lowest BCUT2D eigenvalue weighted by Gasteiger charge is -2.38. The maximum atomic E-state index is 13.5. The third-order valence-corrected chi connectivity index (χ3v) is 3.34. The van der Waals surface area contributed by atoms with Crippen LogP contribution in [0.3, 0.4) is 0 Å². The van der Waals surface area contributed by atoms with Gasteiger partial charge in [-0.15, -0.1) is 0 Å². The Morgan fingerprint density at radius 2 is 2.16 bits per heavy atom. The molecule has 19 heavy (non-hydrogen) atoms. The van der Waals surface area contributed by atoms with Crippen molar-refractivity contribution in [3.63, 3.8) is 0 Å². The van der Waals surface area contributed by atoms with Crippen molar-refractivity contribution in [1.82, 2.24) is 15.1 Å². The van der Waals surface area contributed by atoms with Gasteiger partial charge < -0.3 is 10.1 Å². The number of nitrogens with zero attached hydrogens (tertiary/aromatic N) is 2. The van der Waals surface area contributed by atoms with Gasteiger partial charge in [-0.1, -0.05) is 0 Å². The Kier molecular flexibility index (Phi) is 3.61. The van der Waals surface area contributed by atoms with Crippen LogP contribution >= 0.6 is 0 Å². The maximum absolute atomic E-state index is 13.5. The molecule has 1 unspecified atom stereocenters. The van der Waals surface area contributed by atoms with Crippen LogP contribution in [0.2, 0.25) is 0 Å². The van der Waals surface area contributed by atoms with Crippen molar-refractivity contribution in [1.29, 1.82) is 0 Å². The van der Waals surface area contributed by atoms with Gasteiger partial charge in [0, 0.05) is 30.9 Å². The highest BCUT2D eigenvalue weighted by molar-refractivity contribution is 5.28. The van der Waals surface area contributed by atoms with Crippen LogP contribution in [0.5, 0.6) is 0 Å². The summed E-state index contributed by atoms with van der Waals surface area (Å²) >= 11 is 0. The predicted octanol–water partition coefficient (Wildman–Crippen LogP) is 2.15. The monoisotopic (exact) mass is 277 g/mol. The van der Waals surface area contributed by atoms with Gasteiger partial charge in [0.15, 0.2) is 0 Å². The molecule has 1 atom stereocenters. The molecule has 1 aromatic heterocycles. The minimum Gasteiger partial charge on any atom is -0.358 e. The van der Waals surface area contributed by atoms with E-state index in [2.05, 4.69) is 10.4 Å². The molecular weight excluding hydrogens is 259 g/mol. The van der Waals surface area contributed by atoms with Gasteiger partial charge in [-0.05, 0) is 20.8 Å². The number of hydrogen-bond donors (Lipinski definition) is 1. The Bertz CT molecular complexity index is 448. The van der Waals surface area contributed by atoms with Crippen LogP contribution in [0.1, 0.15) is 31.1 Å². The fourth-order valence-electron chi connectivity index (χ4n) is 2.26. The fourth-order valence-corrected chi connectivity index (χ4v) is 2.26. The second-order valence-electron chi connectivity index (χ2n) is 5.05. The summed E-state index contributed by atoms with van der Waals surface area (Å²) in [5.74, 6) is 0. The summed E-state index contributed by atoms with van der Waals surface area (Å²) in [4.78, 5) is 0. The molecule has 1 aliphatic rings. The summed E-state index contributed by atoms with van der Waals surface area (Å²) in [5.41, 5.74) is -1.83. The van der Waals surface area contributed by atoms with Gasteiger partial charge in [0.25, 0.3) is 0 Å². The summed E-state index contributed by atoms with van der Waals surface area (Å²) in [7, 11) is 0. The van der Waals surface area contributed by atoms with Crippen molar-refractivity contribution in [2.45, 2.75) is 38.6 Å². The van der Waals surface area contributed by atoms with E-state index in [9.17, 15) is 13.2 Å². The molecule has 1 fully saturated rings. The molecule has 0 radical (unpaired) electrons. The quantitative estimate of drug-likeness (QED) is 0.900. The molecule has 4 nitrogen and oxygen atoms in total. The van der Waals surface area contributed by atoms with Gasteiger partial charge in [-0.25, -0.2) is 0 Å². The van der Waals surface area contributed by atoms with E-state index < -0.39 is 11.8 Å². The van der Waals surface area contributed by atoms with E-state index in [1.165, 1.54) is 10.9 Å². The van der Waals surface area contributed by atoms with Crippen LogP contribution in [0.15, 0.2) is 6.20 Å². The third-order valence-electron chi connectivity index (χ3n) is 3.34. The largest absolute Gasteiger partial charge is 0.423 e. The molecule has 0 spiro atoms. The molecule has 2 heterocycles. The van der Waals surface area contributed by atoms with E-state index in [1.807, 2.05) is 13.8 Å². The van der Waals surface area contributed by atoms with Crippen LogP contribution < -0.4 is 5.32 Å². The maximum Gasteiger partial charge on any atom is 0.423 e. The van der Waals surface area contributed by atoms with E-state index in [0.717, 1.165) is 0 Å². The molecule has 2 rings (SSSR count). The number of aryl methyl sites for hydroxylation is 1. The Balaban J connectivity index is 2.50. The van der Waals surface area contributed by atoms with Crippen molar-refractivity contribution < 1.29 is 17.9 Å². The van der Waals surface area contributed by atoms with Crippen LogP contribution in [0.25, 0.3) is 0 Å². The zero-order chi connectivity index (χ0) is 14.3. The first kappa shape index (κ1) is 14.3. The van der Waals surface area contributed by atoms with E-state index in [-0.39, 0.29) is 24.8 Å². The molecule has 1 N–H and O–H groups in total. The van der Waals surface area contributed by atoms with Crippen LogP contribution in [-0.4, -0.2) is 35.7 Å². The Hall–Kier alpha value is -1.08. The van der Waals surface area contributed by atoms with Gasteiger partial charge in [0.1, 0.15) is 0 Å². The first-order valence-corrected chi connectivity index (χ1v) is 6.25. The molecule has 0 amide bonds. The lowest BCUT2D eigenvalue weighted by molar-refractivity contribution is -0.290. The smallest absolute Gasteiger partial charge is 0.358 e. The lowest BCUT2D eigenvalue weighted by atomic mass is 9.92. The Labute approximate surface area is 109 Å². The molecule has 7 heteroatoms. The van der Waals surface area contributed by atoms with E-state index >= 15 is 0 Å². The van der Waals surface area contributed by atoms with Crippen molar-refractivity contribution in [3.05, 3.63) is 17.5 Å². The topological polar surface area (TPSA) is 39.1 Å². The molecule has 0 bridgehead atoms. The van der Waals surface area contributed by atoms with E-state index in [0.29, 0.717) is 12.2 Å². The van der Waals surface area contributed by atoms with Crippen molar-refractivity contribution in [3.8, 4) is 0 Å². The summed E-state index contributed by atoms with van der Waals surface area (Å²) in [6.07, 6.45) is -3.03. The average Bonchev–Trinajstić information content (AvgIpc) is 2.71. The second kappa shape index (κ2) is 4.79. The lowest BCUT2D eigenvalue weighted by Crippen LogP contribution is -2.56. The Morgan fingerprint density at radius 1 is 1.47 bits per heavy atom. The molecule has 0 aliphatic carbocycles. The second-order valence-corrected chi connectivity index (χ2v) is 5.05. The summed E-state index contributed by atoms with van der Waals surface area (Å²) in [6, 6.07) is 0.00860. The Morgan fingerprint density at radius 3 is 2.58 bits per heavy atom. The highest BCUT2D eigenvalue weighted by Gasteiger charge is 2.59. The number of alkyl halides is 3. The van der Waals surface area contributed by atoms with Gasteiger partial charge >= 0.3 is 6.18 Å². The normalized spacial score (nSPS) is 25.0. The summed E-state index contributed by atoms with van der Waals surface area (Å²) in [5, 5.41) is 6.92. The molecule has 1 aliphatic heterocycles. The standard InChI is InChI=1S/C12H18F3N3O/c1-8(2)18-6-10(9(3)17-18)11(12(13,14)15)7-16-4-5-19-11/h6,8,16H,4-5,7H2,1-3H3. The predicted molar refractivity (Wildman–Crippen MR) is 63.9 cm³/mol. The summed E-state index contributed by atoms with van der Waals surface area (Å²) in [6.45, 7) is 5.51. The molecule has 0 aromatic carbocycles. The third kappa shape index (κ3) is 2.36. The van der Waals surface area contributed by atoms with Crippen molar-refractivity contribution in [2.24, 2.45) is 0 Å². The number of halogens is 3. The highest BCUT2D eigenvalue weighted by atomic mass is 19.4. The number of ether oxygens (including phenoxy) is 1. The zero-order valence-electron chi connectivity index (χ0n) is 11.2. The van der Waals surface area contributed by atoms with Gasteiger partial charge in [-0.2, -0.15) is 18.3 Å². The molecule has 1 aromatic rings. The number of nitrogens with one attached hydrogen (secondary N) is 1. The first-order valence-electron chi connectivity index (χ1n) is 6.25. The van der Waals surface area contributed by atoms with E-state index in [4.69, 9.17) is 4.74 Å². The molecule has 0 saturated carbocycles.